The third kappa shape index (κ3) is 3.73. The summed E-state index contributed by atoms with van der Waals surface area (Å²) in [6.07, 6.45) is 3.33. The molecule has 2 aliphatic rings. The quantitative estimate of drug-likeness (QED) is 0.794. The number of rotatable bonds is 5. The Labute approximate surface area is 176 Å². The van der Waals surface area contributed by atoms with E-state index in [1.807, 2.05) is 6.07 Å². The number of carbonyl (C=O) groups is 2. The highest BCUT2D eigenvalue weighted by atomic mass is 32.2. The molecular weight excluding hydrogens is 402 g/mol. The van der Waals surface area contributed by atoms with Crippen molar-refractivity contribution in [1.29, 1.82) is 0 Å². The Kier molecular flexibility index (Phi) is 5.38. The molecule has 8 heteroatoms. The van der Waals surface area contributed by atoms with Crippen molar-refractivity contribution in [2.75, 3.05) is 30.9 Å². The molecule has 0 spiro atoms. The first-order chi connectivity index (χ1) is 14.3. The molecule has 1 atom stereocenters. The van der Waals surface area contributed by atoms with Crippen LogP contribution in [0.4, 0.5) is 11.4 Å². The highest BCUT2D eigenvalue weighted by Gasteiger charge is 2.36. The van der Waals surface area contributed by atoms with Gasteiger partial charge in [0.25, 0.3) is 0 Å². The van der Waals surface area contributed by atoms with E-state index in [1.54, 1.807) is 23.1 Å². The summed E-state index contributed by atoms with van der Waals surface area (Å²) in [6, 6.07) is 12.4. The van der Waals surface area contributed by atoms with Gasteiger partial charge in [-0.3, -0.25) is 9.59 Å². The molecule has 0 aromatic heterocycles. The number of hydrogen-bond acceptors (Lipinski definition) is 4. The van der Waals surface area contributed by atoms with Crippen LogP contribution < -0.4 is 10.2 Å². The Hall–Kier alpha value is -2.71. The number of fused-ring (bicyclic) bond motifs is 1. The van der Waals surface area contributed by atoms with Crippen molar-refractivity contribution < 1.29 is 18.0 Å². The first-order valence-corrected chi connectivity index (χ1v) is 11.5. The molecule has 0 radical (unpaired) electrons. The number of nitrogens with one attached hydrogen (secondary N) is 1. The van der Waals surface area contributed by atoms with Gasteiger partial charge in [-0.05, 0) is 54.7 Å². The lowest BCUT2D eigenvalue weighted by Gasteiger charge is -2.19. The monoisotopic (exact) mass is 427 g/mol. The van der Waals surface area contributed by atoms with Crippen molar-refractivity contribution in [2.24, 2.45) is 5.92 Å². The standard InChI is InChI=1S/C22H25N3O4S/c1-24(2)30(28,29)20-9-4-3-8-19(20)23-22(27)17-13-21(26)25(14-17)18-11-10-15-6-5-7-16(15)12-18/h3-4,8-12,17H,5-7,13-14H2,1-2H3,(H,23,27)/t17-/m0/s1. The number of para-hydroxylation sites is 1. The predicted octanol–water partition coefficient (Wildman–Crippen LogP) is 2.42. The van der Waals surface area contributed by atoms with Crippen molar-refractivity contribution >= 4 is 33.2 Å². The molecule has 7 nitrogen and oxygen atoms in total. The topological polar surface area (TPSA) is 86.8 Å². The smallest absolute Gasteiger partial charge is 0.244 e. The summed E-state index contributed by atoms with van der Waals surface area (Å²) >= 11 is 0. The van der Waals surface area contributed by atoms with Crippen molar-refractivity contribution in [3.8, 4) is 0 Å². The van der Waals surface area contributed by atoms with Gasteiger partial charge in [0.2, 0.25) is 21.8 Å². The Balaban J connectivity index is 1.52. The Morgan fingerprint density at radius 3 is 2.60 bits per heavy atom. The zero-order chi connectivity index (χ0) is 21.5. The molecule has 0 bridgehead atoms. The van der Waals surface area contributed by atoms with Gasteiger partial charge in [-0.25, -0.2) is 12.7 Å². The molecule has 1 aliphatic carbocycles. The number of hydrogen-bond donors (Lipinski definition) is 1. The fourth-order valence-corrected chi connectivity index (χ4v) is 5.13. The zero-order valence-corrected chi connectivity index (χ0v) is 17.9. The lowest BCUT2D eigenvalue weighted by molar-refractivity contribution is -0.122. The fourth-order valence-electron chi connectivity index (χ4n) is 4.09. The number of amides is 2. The lowest BCUT2D eigenvalue weighted by atomic mass is 10.1. The summed E-state index contributed by atoms with van der Waals surface area (Å²) in [7, 11) is -0.821. The van der Waals surface area contributed by atoms with Gasteiger partial charge in [0.1, 0.15) is 4.90 Å². The second kappa shape index (κ2) is 7.85. The van der Waals surface area contributed by atoms with E-state index in [4.69, 9.17) is 0 Å². The van der Waals surface area contributed by atoms with Crippen LogP contribution >= 0.6 is 0 Å². The van der Waals surface area contributed by atoms with E-state index in [0.717, 1.165) is 29.3 Å². The number of aryl methyl sites for hydroxylation is 2. The molecular formula is C22H25N3O4S. The van der Waals surface area contributed by atoms with E-state index < -0.39 is 15.9 Å². The first-order valence-electron chi connectivity index (χ1n) is 10.0. The second-order valence-electron chi connectivity index (χ2n) is 7.98. The van der Waals surface area contributed by atoms with Crippen molar-refractivity contribution in [2.45, 2.75) is 30.6 Å². The van der Waals surface area contributed by atoms with E-state index in [1.165, 1.54) is 31.3 Å². The van der Waals surface area contributed by atoms with Gasteiger partial charge >= 0.3 is 0 Å². The molecule has 2 aromatic carbocycles. The minimum Gasteiger partial charge on any atom is -0.325 e. The summed E-state index contributed by atoms with van der Waals surface area (Å²) in [6.45, 7) is 0.284. The Morgan fingerprint density at radius 2 is 1.83 bits per heavy atom. The van der Waals surface area contributed by atoms with Gasteiger partial charge < -0.3 is 10.2 Å². The van der Waals surface area contributed by atoms with Crippen LogP contribution in [0, 0.1) is 5.92 Å². The fraction of sp³-hybridized carbons (Fsp3) is 0.364. The summed E-state index contributed by atoms with van der Waals surface area (Å²) in [5.41, 5.74) is 3.65. The van der Waals surface area contributed by atoms with Crippen LogP contribution in [-0.2, 0) is 32.5 Å². The summed E-state index contributed by atoms with van der Waals surface area (Å²) in [5, 5.41) is 2.72. The van der Waals surface area contributed by atoms with Gasteiger partial charge in [0.15, 0.2) is 0 Å². The molecule has 158 valence electrons. The van der Waals surface area contributed by atoms with Gasteiger partial charge in [-0.1, -0.05) is 18.2 Å². The maximum Gasteiger partial charge on any atom is 0.244 e. The average molecular weight is 428 g/mol. The van der Waals surface area contributed by atoms with Crippen LogP contribution in [0.1, 0.15) is 24.0 Å². The predicted molar refractivity (Wildman–Crippen MR) is 115 cm³/mol. The van der Waals surface area contributed by atoms with Crippen LogP contribution in [0.3, 0.4) is 0 Å². The third-order valence-electron chi connectivity index (χ3n) is 5.79. The van der Waals surface area contributed by atoms with Crippen molar-refractivity contribution in [3.63, 3.8) is 0 Å². The van der Waals surface area contributed by atoms with E-state index >= 15 is 0 Å². The molecule has 1 saturated heterocycles. The molecule has 4 rings (SSSR count). The van der Waals surface area contributed by atoms with E-state index in [0.29, 0.717) is 0 Å². The van der Waals surface area contributed by atoms with Crippen LogP contribution in [0.25, 0.3) is 0 Å². The molecule has 0 saturated carbocycles. The number of carbonyl (C=O) groups excluding carboxylic acids is 2. The van der Waals surface area contributed by atoms with Crippen LogP contribution in [0.5, 0.6) is 0 Å². The van der Waals surface area contributed by atoms with E-state index in [-0.39, 0.29) is 35.4 Å². The lowest BCUT2D eigenvalue weighted by Crippen LogP contribution is -2.29. The maximum atomic E-state index is 12.9. The number of benzene rings is 2. The maximum absolute atomic E-state index is 12.9. The number of nitrogens with zero attached hydrogens (tertiary/aromatic N) is 2. The Bertz CT molecular complexity index is 1110. The molecule has 2 amide bonds. The molecule has 2 aromatic rings. The summed E-state index contributed by atoms with van der Waals surface area (Å²) < 4.78 is 26.2. The van der Waals surface area contributed by atoms with Crippen molar-refractivity contribution in [1.82, 2.24) is 4.31 Å². The minimum absolute atomic E-state index is 0.0307. The molecule has 0 unspecified atom stereocenters. The van der Waals surface area contributed by atoms with Crippen molar-refractivity contribution in [3.05, 3.63) is 53.6 Å². The molecule has 1 fully saturated rings. The van der Waals surface area contributed by atoms with E-state index in [2.05, 4.69) is 17.4 Å². The molecule has 1 N–H and O–H groups in total. The first kappa shape index (κ1) is 20.6. The van der Waals surface area contributed by atoms with Gasteiger partial charge in [-0.15, -0.1) is 0 Å². The van der Waals surface area contributed by atoms with Crippen LogP contribution in [0.2, 0.25) is 0 Å². The zero-order valence-electron chi connectivity index (χ0n) is 17.1. The minimum atomic E-state index is -3.71. The van der Waals surface area contributed by atoms with E-state index in [9.17, 15) is 18.0 Å². The van der Waals surface area contributed by atoms with Gasteiger partial charge in [0.05, 0.1) is 11.6 Å². The molecule has 1 aliphatic heterocycles. The van der Waals surface area contributed by atoms with Crippen LogP contribution in [-0.4, -0.2) is 45.2 Å². The number of sulfonamides is 1. The summed E-state index contributed by atoms with van der Waals surface area (Å²) in [5.74, 6) is -0.989. The highest BCUT2D eigenvalue weighted by Crippen LogP contribution is 2.31. The normalized spacial score (nSPS) is 18.7. The second-order valence-corrected chi connectivity index (χ2v) is 10.1. The SMILES string of the molecule is CN(C)S(=O)(=O)c1ccccc1NC(=O)[C@H]1CC(=O)N(c2ccc3c(c2)CCC3)C1. The van der Waals surface area contributed by atoms with Gasteiger partial charge in [0, 0.05) is 32.7 Å². The molecule has 1 heterocycles. The summed E-state index contributed by atoms with van der Waals surface area (Å²) in [4.78, 5) is 27.2. The Morgan fingerprint density at radius 1 is 1.10 bits per heavy atom. The molecule has 30 heavy (non-hydrogen) atoms. The number of anilines is 2. The van der Waals surface area contributed by atoms with Gasteiger partial charge in [-0.2, -0.15) is 0 Å². The van der Waals surface area contributed by atoms with Crippen LogP contribution in [0.15, 0.2) is 47.4 Å². The third-order valence-corrected chi connectivity index (χ3v) is 7.67. The largest absolute Gasteiger partial charge is 0.325 e. The highest BCUT2D eigenvalue weighted by molar-refractivity contribution is 7.89. The average Bonchev–Trinajstić information content (AvgIpc) is 3.34.